The van der Waals surface area contributed by atoms with Gasteiger partial charge in [0.2, 0.25) is 5.88 Å². The minimum atomic E-state index is -0.498. The van der Waals surface area contributed by atoms with Gasteiger partial charge in [0.15, 0.2) is 0 Å². The van der Waals surface area contributed by atoms with Gasteiger partial charge in [-0.25, -0.2) is 0 Å². The summed E-state index contributed by atoms with van der Waals surface area (Å²) in [5.41, 5.74) is 3.23. The van der Waals surface area contributed by atoms with Crippen molar-refractivity contribution in [1.29, 1.82) is 5.26 Å². The molecule has 0 saturated carbocycles. The normalized spacial score (nSPS) is 11.0. The van der Waals surface area contributed by atoms with Crippen molar-refractivity contribution in [2.75, 3.05) is 13.7 Å². The van der Waals surface area contributed by atoms with Crippen molar-refractivity contribution >= 4 is 11.9 Å². The van der Waals surface area contributed by atoms with Crippen molar-refractivity contribution in [2.45, 2.75) is 33.7 Å². The fourth-order valence-corrected chi connectivity index (χ4v) is 2.78. The lowest BCUT2D eigenvalue weighted by molar-refractivity contribution is 0.188. The molecule has 0 bridgehead atoms. The predicted octanol–water partition coefficient (Wildman–Crippen LogP) is 3.14. The molecule has 0 aliphatic rings. The van der Waals surface area contributed by atoms with Gasteiger partial charge in [-0.15, -0.1) is 0 Å². The van der Waals surface area contributed by atoms with Gasteiger partial charge >= 0.3 is 0 Å². The summed E-state index contributed by atoms with van der Waals surface area (Å²) < 4.78 is 6.20. The molecule has 0 spiro atoms. The summed E-state index contributed by atoms with van der Waals surface area (Å²) in [6, 6.07) is 7.81. The van der Waals surface area contributed by atoms with E-state index in [0.29, 0.717) is 24.2 Å². The van der Waals surface area contributed by atoms with E-state index in [9.17, 15) is 15.2 Å². The van der Waals surface area contributed by atoms with Crippen LogP contribution < -0.4 is 5.56 Å². The van der Waals surface area contributed by atoms with E-state index in [4.69, 9.17) is 4.74 Å². The lowest BCUT2D eigenvalue weighted by Gasteiger charge is -2.14. The number of aromatic nitrogens is 1. The first-order chi connectivity index (χ1) is 12.4. The number of ether oxygens (including phenoxy) is 1. The van der Waals surface area contributed by atoms with Gasteiger partial charge in [0.1, 0.15) is 11.6 Å². The van der Waals surface area contributed by atoms with Gasteiger partial charge in [-0.1, -0.05) is 17.7 Å². The molecule has 26 heavy (non-hydrogen) atoms. The molecule has 1 heterocycles. The Labute approximate surface area is 153 Å². The van der Waals surface area contributed by atoms with Gasteiger partial charge in [0.05, 0.1) is 11.3 Å². The second-order valence-electron chi connectivity index (χ2n) is 6.20. The van der Waals surface area contributed by atoms with Crippen LogP contribution in [0, 0.1) is 32.1 Å². The average Bonchev–Trinajstić information content (AvgIpc) is 2.60. The Balaban J connectivity index is 2.53. The third-order valence-electron chi connectivity index (χ3n) is 4.26. The Bertz CT molecular complexity index is 937. The third-order valence-corrected chi connectivity index (χ3v) is 4.26. The molecule has 6 heteroatoms. The fraction of sp³-hybridized carbons (Fsp3) is 0.350. The smallest absolute Gasteiger partial charge is 0.271 e. The maximum atomic E-state index is 12.4. The first-order valence-corrected chi connectivity index (χ1v) is 8.37. The Hall–Kier alpha value is -2.91. The lowest BCUT2D eigenvalue weighted by atomic mass is 10.1. The highest BCUT2D eigenvalue weighted by Crippen LogP contribution is 2.23. The maximum absolute atomic E-state index is 12.4. The quantitative estimate of drug-likeness (QED) is 0.638. The van der Waals surface area contributed by atoms with Gasteiger partial charge in [0, 0.05) is 26.5 Å². The van der Waals surface area contributed by atoms with Crippen molar-refractivity contribution in [3.05, 3.63) is 56.4 Å². The van der Waals surface area contributed by atoms with Crippen LogP contribution in [0.3, 0.4) is 0 Å². The zero-order valence-corrected chi connectivity index (χ0v) is 15.5. The maximum Gasteiger partial charge on any atom is 0.271 e. The van der Waals surface area contributed by atoms with E-state index in [-0.39, 0.29) is 18.0 Å². The molecule has 0 aliphatic carbocycles. The van der Waals surface area contributed by atoms with Gasteiger partial charge < -0.3 is 9.84 Å². The fourth-order valence-electron chi connectivity index (χ4n) is 2.78. The van der Waals surface area contributed by atoms with E-state index >= 15 is 0 Å². The van der Waals surface area contributed by atoms with Crippen molar-refractivity contribution in [3.63, 3.8) is 0 Å². The number of pyridine rings is 1. The number of aromatic hydroxyl groups is 1. The monoisotopic (exact) mass is 353 g/mol. The van der Waals surface area contributed by atoms with Crippen LogP contribution in [0.1, 0.15) is 34.2 Å². The molecule has 2 rings (SSSR count). The Morgan fingerprint density at radius 3 is 2.69 bits per heavy atom. The third kappa shape index (κ3) is 4.01. The number of methoxy groups -OCH3 is 1. The summed E-state index contributed by atoms with van der Waals surface area (Å²) in [5.74, 6) is -0.184. The van der Waals surface area contributed by atoms with Gasteiger partial charge in [-0.2, -0.15) is 5.26 Å². The molecule has 0 radical (unpaired) electrons. The number of nitriles is 1. The molecule has 0 unspecified atom stereocenters. The molecule has 1 aromatic heterocycles. The van der Waals surface area contributed by atoms with Crippen LogP contribution in [-0.4, -0.2) is 29.6 Å². The first-order valence-electron chi connectivity index (χ1n) is 8.37. The summed E-state index contributed by atoms with van der Waals surface area (Å²) in [6.07, 6.45) is 2.06. The molecule has 0 aliphatic heterocycles. The van der Waals surface area contributed by atoms with Crippen LogP contribution in [0.4, 0.5) is 5.69 Å². The SMILES string of the molecule is COCCCn1c(O)c(C=Nc2ccc(C)cc2C)c(C)c(C#N)c1=O. The van der Waals surface area contributed by atoms with E-state index in [0.717, 1.165) is 16.8 Å². The minimum absolute atomic E-state index is 0.0160. The number of aliphatic imine (C=N–C) groups is 1. The molecule has 1 aromatic carbocycles. The summed E-state index contributed by atoms with van der Waals surface area (Å²) in [7, 11) is 1.57. The van der Waals surface area contributed by atoms with Crippen LogP contribution in [0.5, 0.6) is 5.88 Å². The Morgan fingerprint density at radius 1 is 1.35 bits per heavy atom. The molecule has 0 saturated heterocycles. The van der Waals surface area contributed by atoms with Crippen LogP contribution in [-0.2, 0) is 11.3 Å². The Morgan fingerprint density at radius 2 is 2.08 bits per heavy atom. The zero-order chi connectivity index (χ0) is 19.3. The number of rotatable bonds is 6. The van der Waals surface area contributed by atoms with Gasteiger partial charge in [0.25, 0.3) is 5.56 Å². The van der Waals surface area contributed by atoms with Crippen molar-refractivity contribution in [2.24, 2.45) is 4.99 Å². The minimum Gasteiger partial charge on any atom is -0.494 e. The van der Waals surface area contributed by atoms with Crippen molar-refractivity contribution in [1.82, 2.24) is 4.57 Å². The molecule has 0 atom stereocenters. The molecule has 2 aromatic rings. The topological polar surface area (TPSA) is 87.6 Å². The number of hydrogen-bond donors (Lipinski definition) is 1. The molecular formula is C20H23N3O3. The van der Waals surface area contributed by atoms with E-state index in [1.807, 2.05) is 38.1 Å². The van der Waals surface area contributed by atoms with Crippen LogP contribution >= 0.6 is 0 Å². The molecule has 1 N–H and O–H groups in total. The Kier molecular flexibility index (Phi) is 6.31. The number of hydrogen-bond acceptors (Lipinski definition) is 5. The van der Waals surface area contributed by atoms with E-state index in [1.54, 1.807) is 14.0 Å². The number of aryl methyl sites for hydroxylation is 2. The average molecular weight is 353 g/mol. The van der Waals surface area contributed by atoms with Crippen molar-refractivity contribution in [3.8, 4) is 11.9 Å². The van der Waals surface area contributed by atoms with E-state index in [1.165, 1.54) is 10.8 Å². The second-order valence-corrected chi connectivity index (χ2v) is 6.20. The highest BCUT2D eigenvalue weighted by Gasteiger charge is 2.17. The summed E-state index contributed by atoms with van der Waals surface area (Å²) in [5, 5.41) is 19.9. The molecule has 6 nitrogen and oxygen atoms in total. The highest BCUT2D eigenvalue weighted by molar-refractivity contribution is 5.87. The van der Waals surface area contributed by atoms with E-state index in [2.05, 4.69) is 4.99 Å². The largest absolute Gasteiger partial charge is 0.494 e. The van der Waals surface area contributed by atoms with Crippen LogP contribution in [0.25, 0.3) is 0 Å². The summed E-state index contributed by atoms with van der Waals surface area (Å²) >= 11 is 0. The first kappa shape index (κ1) is 19.4. The second kappa shape index (κ2) is 8.45. The lowest BCUT2D eigenvalue weighted by Crippen LogP contribution is -2.26. The van der Waals surface area contributed by atoms with Crippen LogP contribution in [0.2, 0.25) is 0 Å². The zero-order valence-electron chi connectivity index (χ0n) is 15.5. The van der Waals surface area contributed by atoms with E-state index < -0.39 is 5.56 Å². The molecule has 136 valence electrons. The molecule has 0 fully saturated rings. The molecular weight excluding hydrogens is 330 g/mol. The van der Waals surface area contributed by atoms with Crippen molar-refractivity contribution < 1.29 is 9.84 Å². The van der Waals surface area contributed by atoms with Crippen LogP contribution in [0.15, 0.2) is 28.0 Å². The van der Waals surface area contributed by atoms with Gasteiger partial charge in [-0.3, -0.25) is 14.4 Å². The number of nitrogens with zero attached hydrogens (tertiary/aromatic N) is 3. The highest BCUT2D eigenvalue weighted by atomic mass is 16.5. The summed E-state index contributed by atoms with van der Waals surface area (Å²) in [6.45, 7) is 6.32. The van der Waals surface area contributed by atoms with Gasteiger partial charge in [-0.05, 0) is 44.4 Å². The predicted molar refractivity (Wildman–Crippen MR) is 101 cm³/mol. The standard InChI is InChI=1S/C20H23N3O3/c1-13-6-7-18(14(2)10-13)22-12-17-15(3)16(11-21)19(24)23(20(17)25)8-5-9-26-4/h6-7,10,12,25H,5,8-9H2,1-4H3. The summed E-state index contributed by atoms with van der Waals surface area (Å²) in [4.78, 5) is 16.9. The molecule has 0 amide bonds. The number of benzene rings is 1.